The second-order valence-corrected chi connectivity index (χ2v) is 6.50. The Morgan fingerprint density at radius 3 is 2.78 bits per heavy atom. The number of aliphatic hydroxyl groups is 1. The highest BCUT2D eigenvalue weighted by Gasteiger charge is 2.36. The maximum atomic E-state index is 13.2. The molecular formula is C17H26N4O2. The van der Waals surface area contributed by atoms with Crippen LogP contribution in [0.2, 0.25) is 0 Å². The summed E-state index contributed by atoms with van der Waals surface area (Å²) in [5.41, 5.74) is 0.817. The number of hydrogen-bond acceptors (Lipinski definition) is 5. The molecule has 2 fully saturated rings. The van der Waals surface area contributed by atoms with E-state index in [1.165, 1.54) is 0 Å². The van der Waals surface area contributed by atoms with Gasteiger partial charge in [0.25, 0.3) is 0 Å². The number of aromatic nitrogens is 1. The fourth-order valence-corrected chi connectivity index (χ4v) is 3.48. The van der Waals surface area contributed by atoms with E-state index in [9.17, 15) is 9.90 Å². The summed E-state index contributed by atoms with van der Waals surface area (Å²) in [7, 11) is 0. The Kier molecular flexibility index (Phi) is 5.25. The molecule has 0 aliphatic carbocycles. The normalized spacial score (nSPS) is 25.3. The number of aliphatic hydroxyl groups excluding tert-OH is 1. The van der Waals surface area contributed by atoms with Gasteiger partial charge >= 0.3 is 0 Å². The van der Waals surface area contributed by atoms with Crippen LogP contribution < -0.4 is 5.32 Å². The highest BCUT2D eigenvalue weighted by molar-refractivity contribution is 5.83. The molecule has 3 heterocycles. The molecule has 1 amide bonds. The minimum Gasteiger partial charge on any atom is -0.393 e. The zero-order chi connectivity index (χ0) is 16.2. The van der Waals surface area contributed by atoms with Crippen molar-refractivity contribution in [2.24, 2.45) is 0 Å². The lowest BCUT2D eigenvalue weighted by Gasteiger charge is -2.41. The summed E-state index contributed by atoms with van der Waals surface area (Å²) in [6.45, 7) is 6.02. The molecule has 6 nitrogen and oxygen atoms in total. The van der Waals surface area contributed by atoms with Crippen LogP contribution in [-0.4, -0.2) is 70.7 Å². The quantitative estimate of drug-likeness (QED) is 0.844. The second-order valence-electron chi connectivity index (χ2n) is 6.50. The van der Waals surface area contributed by atoms with E-state index in [0.717, 1.165) is 25.3 Å². The number of nitrogens with zero attached hydrogens (tertiary/aromatic N) is 3. The standard InChI is InChI=1S/C17H26N4O2/c1-13-12-18-8-11-21(13)16(15-4-2-3-7-19-15)17(23)20-9-5-14(22)6-10-20/h2-4,7,13-14,16,18,22H,5-6,8-12H2,1H3. The van der Waals surface area contributed by atoms with Crippen LogP contribution in [0.3, 0.4) is 0 Å². The molecule has 126 valence electrons. The summed E-state index contributed by atoms with van der Waals surface area (Å²) in [5, 5.41) is 13.1. The van der Waals surface area contributed by atoms with E-state index >= 15 is 0 Å². The van der Waals surface area contributed by atoms with Crippen LogP contribution in [0, 0.1) is 0 Å². The predicted molar refractivity (Wildman–Crippen MR) is 87.8 cm³/mol. The maximum absolute atomic E-state index is 13.2. The molecule has 0 saturated carbocycles. The Hall–Kier alpha value is -1.50. The molecule has 2 atom stereocenters. The van der Waals surface area contributed by atoms with Crippen LogP contribution in [0.4, 0.5) is 0 Å². The highest BCUT2D eigenvalue weighted by Crippen LogP contribution is 2.26. The Bertz CT molecular complexity index is 517. The molecule has 1 aromatic heterocycles. The van der Waals surface area contributed by atoms with Crippen LogP contribution in [0.15, 0.2) is 24.4 Å². The summed E-state index contributed by atoms with van der Waals surface area (Å²) in [6.07, 6.45) is 2.81. The molecule has 1 aromatic rings. The molecule has 3 rings (SSSR count). The SMILES string of the molecule is CC1CNCCN1C(C(=O)N1CCC(O)CC1)c1ccccn1. The summed E-state index contributed by atoms with van der Waals surface area (Å²) in [4.78, 5) is 21.8. The predicted octanol–water partition coefficient (Wildman–Crippen LogP) is 0.400. The molecule has 23 heavy (non-hydrogen) atoms. The summed E-state index contributed by atoms with van der Waals surface area (Å²) in [5.74, 6) is 0.115. The lowest BCUT2D eigenvalue weighted by molar-refractivity contribution is -0.140. The number of nitrogens with one attached hydrogen (secondary N) is 1. The van der Waals surface area contributed by atoms with Crippen LogP contribution in [-0.2, 0) is 4.79 Å². The van der Waals surface area contributed by atoms with Gasteiger partial charge in [-0.1, -0.05) is 6.07 Å². The smallest absolute Gasteiger partial charge is 0.246 e. The molecule has 0 spiro atoms. The lowest BCUT2D eigenvalue weighted by Crippen LogP contribution is -2.55. The van der Waals surface area contributed by atoms with Gasteiger partial charge in [0.2, 0.25) is 5.91 Å². The number of carbonyl (C=O) groups excluding carboxylic acids is 1. The number of amides is 1. The van der Waals surface area contributed by atoms with E-state index in [4.69, 9.17) is 0 Å². The van der Waals surface area contributed by atoms with Crippen LogP contribution in [0.25, 0.3) is 0 Å². The van der Waals surface area contributed by atoms with Gasteiger partial charge in [-0.15, -0.1) is 0 Å². The molecule has 2 aliphatic rings. The van der Waals surface area contributed by atoms with Crippen molar-refractivity contribution in [3.05, 3.63) is 30.1 Å². The number of likely N-dealkylation sites (tertiary alicyclic amines) is 1. The van der Waals surface area contributed by atoms with Crippen molar-refractivity contribution in [1.29, 1.82) is 0 Å². The average Bonchev–Trinajstić information content (AvgIpc) is 2.58. The summed E-state index contributed by atoms with van der Waals surface area (Å²) < 4.78 is 0. The molecule has 2 N–H and O–H groups in total. The van der Waals surface area contributed by atoms with E-state index in [1.807, 2.05) is 23.1 Å². The topological polar surface area (TPSA) is 68.7 Å². The Labute approximate surface area is 137 Å². The largest absolute Gasteiger partial charge is 0.393 e. The molecule has 6 heteroatoms. The van der Waals surface area contributed by atoms with Crippen molar-refractivity contribution in [1.82, 2.24) is 20.1 Å². The van der Waals surface area contributed by atoms with E-state index in [0.29, 0.717) is 25.9 Å². The first kappa shape index (κ1) is 16.4. The van der Waals surface area contributed by atoms with Gasteiger partial charge in [0.05, 0.1) is 11.8 Å². The molecule has 2 saturated heterocycles. The molecular weight excluding hydrogens is 292 g/mol. The van der Waals surface area contributed by atoms with E-state index in [-0.39, 0.29) is 24.1 Å². The van der Waals surface area contributed by atoms with Crippen LogP contribution in [0.1, 0.15) is 31.5 Å². The highest BCUT2D eigenvalue weighted by atomic mass is 16.3. The number of carbonyl (C=O) groups is 1. The van der Waals surface area contributed by atoms with Crippen LogP contribution >= 0.6 is 0 Å². The van der Waals surface area contributed by atoms with Crippen molar-refractivity contribution in [2.75, 3.05) is 32.7 Å². The van der Waals surface area contributed by atoms with E-state index < -0.39 is 0 Å². The van der Waals surface area contributed by atoms with Gasteiger partial charge < -0.3 is 15.3 Å². The fourth-order valence-electron chi connectivity index (χ4n) is 3.48. The van der Waals surface area contributed by atoms with Crippen molar-refractivity contribution >= 4 is 5.91 Å². The minimum absolute atomic E-state index is 0.115. The number of hydrogen-bond donors (Lipinski definition) is 2. The Morgan fingerprint density at radius 1 is 1.35 bits per heavy atom. The third-order valence-corrected chi connectivity index (χ3v) is 4.86. The van der Waals surface area contributed by atoms with Crippen molar-refractivity contribution in [3.63, 3.8) is 0 Å². The minimum atomic E-state index is -0.330. The summed E-state index contributed by atoms with van der Waals surface area (Å²) >= 11 is 0. The third-order valence-electron chi connectivity index (χ3n) is 4.86. The van der Waals surface area contributed by atoms with Gasteiger partial charge in [-0.2, -0.15) is 0 Å². The van der Waals surface area contributed by atoms with Gasteiger partial charge in [0.15, 0.2) is 0 Å². The van der Waals surface area contributed by atoms with Crippen LogP contribution in [0.5, 0.6) is 0 Å². The first-order chi connectivity index (χ1) is 11.2. The number of piperazine rings is 1. The number of piperidine rings is 1. The molecule has 0 aromatic carbocycles. The lowest BCUT2D eigenvalue weighted by atomic mass is 10.0. The first-order valence-corrected chi connectivity index (χ1v) is 8.51. The zero-order valence-electron chi connectivity index (χ0n) is 13.7. The number of pyridine rings is 1. The van der Waals surface area contributed by atoms with Crippen molar-refractivity contribution < 1.29 is 9.90 Å². The number of rotatable bonds is 3. The van der Waals surface area contributed by atoms with Crippen molar-refractivity contribution in [3.8, 4) is 0 Å². The molecule has 2 aliphatic heterocycles. The monoisotopic (exact) mass is 318 g/mol. The van der Waals surface area contributed by atoms with Gasteiger partial charge in [-0.3, -0.25) is 14.7 Å². The molecule has 0 radical (unpaired) electrons. The maximum Gasteiger partial charge on any atom is 0.246 e. The molecule has 2 unspecified atom stereocenters. The van der Waals surface area contributed by atoms with E-state index in [1.54, 1.807) is 6.20 Å². The van der Waals surface area contributed by atoms with E-state index in [2.05, 4.69) is 22.1 Å². The van der Waals surface area contributed by atoms with Gasteiger partial charge in [0.1, 0.15) is 6.04 Å². The summed E-state index contributed by atoms with van der Waals surface area (Å²) in [6, 6.07) is 5.72. The first-order valence-electron chi connectivity index (χ1n) is 8.51. The third kappa shape index (κ3) is 3.71. The molecule has 0 bridgehead atoms. The van der Waals surface area contributed by atoms with Gasteiger partial charge in [-0.25, -0.2) is 0 Å². The van der Waals surface area contributed by atoms with Crippen molar-refractivity contribution in [2.45, 2.75) is 38.0 Å². The zero-order valence-corrected chi connectivity index (χ0v) is 13.7. The van der Waals surface area contributed by atoms with Gasteiger partial charge in [-0.05, 0) is 31.9 Å². The fraction of sp³-hybridized carbons (Fsp3) is 0.647. The Morgan fingerprint density at radius 2 is 2.13 bits per heavy atom. The average molecular weight is 318 g/mol. The van der Waals surface area contributed by atoms with Gasteiger partial charge in [0, 0.05) is 45.0 Å². The Balaban J connectivity index is 1.84. The second kappa shape index (κ2) is 7.38.